The molecule has 0 rings (SSSR count). The zero-order valence-corrected chi connectivity index (χ0v) is 14.1. The van der Waals surface area contributed by atoms with Gasteiger partial charge in [0.15, 0.2) is 0 Å². The van der Waals surface area contributed by atoms with E-state index in [-0.39, 0.29) is 0 Å². The zero-order valence-electron chi connectivity index (χ0n) is 14.1. The van der Waals surface area contributed by atoms with E-state index in [0.717, 1.165) is 25.7 Å². The summed E-state index contributed by atoms with van der Waals surface area (Å²) in [6, 6.07) is 0. The standard InChI is InChI=1S/C20H36O/c1-2-3-4-5-6-7-8-9-10-11-12-13-14-15-16-17-18-19-20-21/h3-4,6-7,9-10,21H,2,5,8,11-20H2,1H3/b4-3-,7-6-,10-9-. The van der Waals surface area contributed by atoms with Gasteiger partial charge in [-0.1, -0.05) is 81.9 Å². The van der Waals surface area contributed by atoms with E-state index in [0.29, 0.717) is 6.61 Å². The molecule has 0 aromatic rings. The Morgan fingerprint density at radius 1 is 0.571 bits per heavy atom. The molecule has 0 aliphatic rings. The minimum atomic E-state index is 0.358. The highest BCUT2D eigenvalue weighted by Gasteiger charge is 1.91. The lowest BCUT2D eigenvalue weighted by molar-refractivity contribution is 0.282. The molecule has 0 amide bonds. The van der Waals surface area contributed by atoms with E-state index in [9.17, 15) is 0 Å². The number of aliphatic hydroxyl groups is 1. The summed E-state index contributed by atoms with van der Waals surface area (Å²) in [5, 5.41) is 8.68. The van der Waals surface area contributed by atoms with Crippen LogP contribution in [0.5, 0.6) is 0 Å². The highest BCUT2D eigenvalue weighted by molar-refractivity contribution is 4.96. The number of hydrogen-bond donors (Lipinski definition) is 1. The molecule has 0 spiro atoms. The summed E-state index contributed by atoms with van der Waals surface area (Å²) in [6.07, 6.45) is 28.3. The minimum Gasteiger partial charge on any atom is -0.396 e. The summed E-state index contributed by atoms with van der Waals surface area (Å²) < 4.78 is 0. The fourth-order valence-corrected chi connectivity index (χ4v) is 2.26. The average molecular weight is 293 g/mol. The van der Waals surface area contributed by atoms with Crippen LogP contribution in [0.4, 0.5) is 0 Å². The van der Waals surface area contributed by atoms with Gasteiger partial charge in [-0.15, -0.1) is 0 Å². The van der Waals surface area contributed by atoms with Crippen molar-refractivity contribution < 1.29 is 5.11 Å². The molecule has 21 heavy (non-hydrogen) atoms. The Hall–Kier alpha value is -0.820. The van der Waals surface area contributed by atoms with Gasteiger partial charge < -0.3 is 5.11 Å². The molecule has 0 aliphatic heterocycles. The van der Waals surface area contributed by atoms with E-state index in [4.69, 9.17) is 5.11 Å². The molecule has 0 aromatic heterocycles. The molecule has 0 radical (unpaired) electrons. The number of unbranched alkanes of at least 4 members (excludes halogenated alkanes) is 8. The second-order valence-electron chi connectivity index (χ2n) is 5.63. The van der Waals surface area contributed by atoms with E-state index in [1.54, 1.807) is 0 Å². The van der Waals surface area contributed by atoms with Gasteiger partial charge in [0.1, 0.15) is 0 Å². The Morgan fingerprint density at radius 2 is 1.05 bits per heavy atom. The van der Waals surface area contributed by atoms with Gasteiger partial charge in [0.2, 0.25) is 0 Å². The molecule has 122 valence electrons. The third-order valence-corrected chi connectivity index (χ3v) is 3.56. The minimum absolute atomic E-state index is 0.358. The van der Waals surface area contributed by atoms with E-state index in [1.165, 1.54) is 51.4 Å². The van der Waals surface area contributed by atoms with Gasteiger partial charge in [-0.2, -0.15) is 0 Å². The smallest absolute Gasteiger partial charge is 0.0431 e. The molecule has 1 heteroatoms. The first-order chi connectivity index (χ1) is 10.4. The van der Waals surface area contributed by atoms with Crippen LogP contribution in [0.3, 0.4) is 0 Å². The van der Waals surface area contributed by atoms with Gasteiger partial charge in [-0.05, 0) is 38.5 Å². The van der Waals surface area contributed by atoms with Gasteiger partial charge in [0, 0.05) is 6.61 Å². The molecule has 0 bridgehead atoms. The lowest BCUT2D eigenvalue weighted by atomic mass is 10.1. The predicted octanol–water partition coefficient (Wildman–Crippen LogP) is 6.35. The third-order valence-electron chi connectivity index (χ3n) is 3.56. The van der Waals surface area contributed by atoms with Gasteiger partial charge >= 0.3 is 0 Å². The number of hydrogen-bond acceptors (Lipinski definition) is 1. The molecule has 0 heterocycles. The zero-order chi connectivity index (χ0) is 15.4. The summed E-state index contributed by atoms with van der Waals surface area (Å²) in [5.41, 5.74) is 0. The fraction of sp³-hybridized carbons (Fsp3) is 0.700. The lowest BCUT2D eigenvalue weighted by Crippen LogP contribution is -1.84. The predicted molar refractivity (Wildman–Crippen MR) is 95.6 cm³/mol. The second-order valence-corrected chi connectivity index (χ2v) is 5.63. The summed E-state index contributed by atoms with van der Waals surface area (Å²) in [7, 11) is 0. The maximum absolute atomic E-state index is 8.68. The van der Waals surface area contributed by atoms with Crippen LogP contribution in [0.15, 0.2) is 36.5 Å². The highest BCUT2D eigenvalue weighted by Crippen LogP contribution is 2.09. The van der Waals surface area contributed by atoms with Crippen LogP contribution >= 0.6 is 0 Å². The Labute approximate surface area is 132 Å². The molecule has 1 nitrogen and oxygen atoms in total. The highest BCUT2D eigenvalue weighted by atomic mass is 16.2. The van der Waals surface area contributed by atoms with Gasteiger partial charge in [-0.25, -0.2) is 0 Å². The van der Waals surface area contributed by atoms with Crippen molar-refractivity contribution in [1.82, 2.24) is 0 Å². The van der Waals surface area contributed by atoms with Crippen molar-refractivity contribution in [2.24, 2.45) is 0 Å². The third kappa shape index (κ3) is 19.2. The van der Waals surface area contributed by atoms with Gasteiger partial charge in [0.05, 0.1) is 0 Å². The van der Waals surface area contributed by atoms with Crippen LogP contribution < -0.4 is 0 Å². The first-order valence-electron chi connectivity index (χ1n) is 8.97. The summed E-state index contributed by atoms with van der Waals surface area (Å²) in [6.45, 7) is 2.53. The van der Waals surface area contributed by atoms with Gasteiger partial charge in [-0.3, -0.25) is 0 Å². The van der Waals surface area contributed by atoms with Crippen molar-refractivity contribution in [2.45, 2.75) is 84.0 Å². The summed E-state index contributed by atoms with van der Waals surface area (Å²) >= 11 is 0. The largest absolute Gasteiger partial charge is 0.396 e. The molecule has 0 saturated carbocycles. The maximum Gasteiger partial charge on any atom is 0.0431 e. The first-order valence-corrected chi connectivity index (χ1v) is 8.97. The maximum atomic E-state index is 8.68. The van der Waals surface area contributed by atoms with Crippen LogP contribution in [0.25, 0.3) is 0 Å². The van der Waals surface area contributed by atoms with E-state index in [2.05, 4.69) is 43.4 Å². The second kappa shape index (κ2) is 19.2. The Balaban J connectivity index is 3.16. The first kappa shape index (κ1) is 20.2. The number of allylic oxidation sites excluding steroid dienone is 6. The molecule has 0 atom stereocenters. The van der Waals surface area contributed by atoms with E-state index in [1.807, 2.05) is 0 Å². The van der Waals surface area contributed by atoms with Crippen LogP contribution in [0, 0.1) is 0 Å². The van der Waals surface area contributed by atoms with Gasteiger partial charge in [0.25, 0.3) is 0 Å². The summed E-state index contributed by atoms with van der Waals surface area (Å²) in [4.78, 5) is 0. The van der Waals surface area contributed by atoms with Crippen LogP contribution in [-0.2, 0) is 0 Å². The molecule has 0 aliphatic carbocycles. The topological polar surface area (TPSA) is 20.2 Å². The Morgan fingerprint density at radius 3 is 1.62 bits per heavy atom. The van der Waals surface area contributed by atoms with Crippen molar-refractivity contribution >= 4 is 0 Å². The fourth-order valence-electron chi connectivity index (χ4n) is 2.26. The lowest BCUT2D eigenvalue weighted by Gasteiger charge is -2.00. The van der Waals surface area contributed by atoms with Crippen molar-refractivity contribution in [3.05, 3.63) is 36.5 Å². The average Bonchev–Trinajstić information content (AvgIpc) is 2.50. The molecular weight excluding hydrogens is 256 g/mol. The monoisotopic (exact) mass is 292 g/mol. The molecule has 0 fully saturated rings. The van der Waals surface area contributed by atoms with E-state index < -0.39 is 0 Å². The SMILES string of the molecule is CC/C=C\C/C=C\C/C=C\CCCCCCCCCCO. The van der Waals surface area contributed by atoms with E-state index >= 15 is 0 Å². The van der Waals surface area contributed by atoms with Crippen molar-refractivity contribution in [2.75, 3.05) is 6.61 Å². The van der Waals surface area contributed by atoms with Crippen molar-refractivity contribution in [3.8, 4) is 0 Å². The van der Waals surface area contributed by atoms with Crippen molar-refractivity contribution in [1.29, 1.82) is 0 Å². The summed E-state index contributed by atoms with van der Waals surface area (Å²) in [5.74, 6) is 0. The molecule has 1 N–H and O–H groups in total. The molecule has 0 aromatic carbocycles. The normalized spacial score (nSPS) is 12.3. The quantitative estimate of drug-likeness (QED) is 0.275. The number of aliphatic hydroxyl groups excluding tert-OH is 1. The van der Waals surface area contributed by atoms with Crippen molar-refractivity contribution in [3.63, 3.8) is 0 Å². The molecular formula is C20H36O. The molecule has 0 saturated heterocycles. The van der Waals surface area contributed by atoms with Crippen LogP contribution in [-0.4, -0.2) is 11.7 Å². The van der Waals surface area contributed by atoms with Crippen LogP contribution in [0.1, 0.15) is 84.0 Å². The Kier molecular flexibility index (Phi) is 18.4. The van der Waals surface area contributed by atoms with Crippen LogP contribution in [0.2, 0.25) is 0 Å². The molecule has 0 unspecified atom stereocenters. The number of rotatable bonds is 15. The Bertz CT molecular complexity index is 263.